The fourth-order valence-electron chi connectivity index (χ4n) is 3.35. The number of benzene rings is 2. The molecule has 0 saturated carbocycles. The van der Waals surface area contributed by atoms with E-state index in [-0.39, 0.29) is 23.5 Å². The SMILES string of the molecule is Cc1cccc(C(=O)NC(CCS(C)(=O)=O)C(=O)N(C)Cc2ccc(C(C)(C)C)cc2)c1. The monoisotopic (exact) mass is 458 g/mol. The summed E-state index contributed by atoms with van der Waals surface area (Å²) in [6, 6.07) is 14.2. The van der Waals surface area contributed by atoms with E-state index in [4.69, 9.17) is 0 Å². The Hall–Kier alpha value is -2.67. The van der Waals surface area contributed by atoms with Gasteiger partial charge in [-0.2, -0.15) is 0 Å². The molecule has 0 fully saturated rings. The van der Waals surface area contributed by atoms with Gasteiger partial charge in [0.2, 0.25) is 5.91 Å². The van der Waals surface area contributed by atoms with Crippen LogP contribution in [0.15, 0.2) is 48.5 Å². The molecule has 7 heteroatoms. The number of nitrogens with one attached hydrogen (secondary N) is 1. The number of carbonyl (C=O) groups excluding carboxylic acids is 2. The number of hydrogen-bond donors (Lipinski definition) is 1. The van der Waals surface area contributed by atoms with Crippen molar-refractivity contribution in [2.24, 2.45) is 0 Å². The summed E-state index contributed by atoms with van der Waals surface area (Å²) in [5.41, 5.74) is 3.55. The number of aryl methyl sites for hydroxylation is 1. The van der Waals surface area contributed by atoms with Gasteiger partial charge in [0.05, 0.1) is 5.75 Å². The molecule has 32 heavy (non-hydrogen) atoms. The highest BCUT2D eigenvalue weighted by Crippen LogP contribution is 2.22. The summed E-state index contributed by atoms with van der Waals surface area (Å²) in [6.45, 7) is 8.66. The van der Waals surface area contributed by atoms with Crippen molar-refractivity contribution in [1.82, 2.24) is 10.2 Å². The first-order chi connectivity index (χ1) is 14.8. The molecular weight excluding hydrogens is 424 g/mol. The maximum Gasteiger partial charge on any atom is 0.251 e. The van der Waals surface area contributed by atoms with Crippen molar-refractivity contribution in [1.29, 1.82) is 0 Å². The van der Waals surface area contributed by atoms with Gasteiger partial charge in [0.1, 0.15) is 15.9 Å². The van der Waals surface area contributed by atoms with Crippen LogP contribution in [0.4, 0.5) is 0 Å². The highest BCUT2D eigenvalue weighted by atomic mass is 32.2. The summed E-state index contributed by atoms with van der Waals surface area (Å²) < 4.78 is 23.4. The Bertz CT molecular complexity index is 1050. The lowest BCUT2D eigenvalue weighted by Gasteiger charge is -2.25. The van der Waals surface area contributed by atoms with Crippen molar-refractivity contribution in [3.63, 3.8) is 0 Å². The summed E-state index contributed by atoms with van der Waals surface area (Å²) in [5, 5.41) is 2.73. The molecule has 0 radical (unpaired) electrons. The lowest BCUT2D eigenvalue weighted by molar-refractivity contribution is -0.132. The topological polar surface area (TPSA) is 83.5 Å². The second-order valence-electron chi connectivity index (χ2n) is 9.46. The van der Waals surface area contributed by atoms with Gasteiger partial charge in [-0.25, -0.2) is 8.42 Å². The Labute approximate surface area is 191 Å². The molecule has 2 aromatic rings. The first-order valence-corrected chi connectivity index (χ1v) is 12.7. The van der Waals surface area contributed by atoms with E-state index in [2.05, 4.69) is 26.1 Å². The lowest BCUT2D eigenvalue weighted by atomic mass is 9.87. The summed E-state index contributed by atoms with van der Waals surface area (Å²) in [5.74, 6) is -0.913. The zero-order valence-corrected chi connectivity index (χ0v) is 20.6. The van der Waals surface area contributed by atoms with E-state index >= 15 is 0 Å². The Balaban J connectivity index is 2.16. The molecule has 0 aliphatic carbocycles. The molecule has 2 aromatic carbocycles. The third-order valence-electron chi connectivity index (χ3n) is 5.28. The van der Waals surface area contributed by atoms with Crippen LogP contribution in [0.3, 0.4) is 0 Å². The average Bonchev–Trinajstić information content (AvgIpc) is 2.69. The van der Waals surface area contributed by atoms with Gasteiger partial charge in [-0.15, -0.1) is 0 Å². The highest BCUT2D eigenvalue weighted by molar-refractivity contribution is 7.90. The highest BCUT2D eigenvalue weighted by Gasteiger charge is 2.26. The summed E-state index contributed by atoms with van der Waals surface area (Å²) in [6.07, 6.45) is 1.14. The van der Waals surface area contributed by atoms with Gasteiger partial charge >= 0.3 is 0 Å². The van der Waals surface area contributed by atoms with E-state index in [1.165, 1.54) is 10.5 Å². The van der Waals surface area contributed by atoms with Crippen LogP contribution in [0.5, 0.6) is 0 Å². The molecular formula is C25H34N2O4S. The van der Waals surface area contributed by atoms with Crippen molar-refractivity contribution in [2.45, 2.75) is 52.1 Å². The van der Waals surface area contributed by atoms with Crippen LogP contribution >= 0.6 is 0 Å². The number of hydrogen-bond acceptors (Lipinski definition) is 4. The number of rotatable bonds is 8. The number of carbonyl (C=O) groups is 2. The number of nitrogens with zero attached hydrogens (tertiary/aromatic N) is 1. The van der Waals surface area contributed by atoms with Gasteiger partial charge in [0.15, 0.2) is 0 Å². The molecule has 1 unspecified atom stereocenters. The predicted molar refractivity (Wildman–Crippen MR) is 128 cm³/mol. The Morgan fingerprint density at radius 1 is 1.06 bits per heavy atom. The van der Waals surface area contributed by atoms with Crippen molar-refractivity contribution < 1.29 is 18.0 Å². The van der Waals surface area contributed by atoms with E-state index in [1.807, 2.05) is 37.3 Å². The Morgan fingerprint density at radius 3 is 2.22 bits per heavy atom. The number of amides is 2. The van der Waals surface area contributed by atoms with Gasteiger partial charge in [-0.1, -0.05) is 62.7 Å². The van der Waals surface area contributed by atoms with E-state index in [9.17, 15) is 18.0 Å². The molecule has 0 heterocycles. The molecule has 2 rings (SSSR count). The standard InChI is InChI=1S/C25H34N2O4S/c1-18-8-7-9-20(16-18)23(28)26-22(14-15-32(6,30)31)24(29)27(5)17-19-10-12-21(13-11-19)25(2,3)4/h7-13,16,22H,14-15,17H2,1-6H3,(H,26,28). The minimum absolute atomic E-state index is 0.0164. The van der Waals surface area contributed by atoms with E-state index in [0.29, 0.717) is 12.1 Å². The van der Waals surface area contributed by atoms with E-state index in [0.717, 1.165) is 17.4 Å². The van der Waals surface area contributed by atoms with E-state index < -0.39 is 21.8 Å². The van der Waals surface area contributed by atoms with Gasteiger partial charge in [0, 0.05) is 25.4 Å². The number of likely N-dealkylation sites (N-methyl/N-ethyl adjacent to an activating group) is 1. The molecule has 0 bridgehead atoms. The first kappa shape index (κ1) is 25.6. The molecule has 0 saturated heterocycles. The van der Waals surface area contributed by atoms with Gasteiger partial charge in [-0.3, -0.25) is 9.59 Å². The summed E-state index contributed by atoms with van der Waals surface area (Å²) in [7, 11) is -1.63. The van der Waals surface area contributed by atoms with Crippen molar-refractivity contribution >= 4 is 21.7 Å². The zero-order chi connectivity index (χ0) is 24.1. The third kappa shape index (κ3) is 7.79. The van der Waals surface area contributed by atoms with Crippen LogP contribution in [0.2, 0.25) is 0 Å². The maximum absolute atomic E-state index is 13.1. The Morgan fingerprint density at radius 2 is 1.69 bits per heavy atom. The smallest absolute Gasteiger partial charge is 0.251 e. The molecule has 2 amide bonds. The molecule has 0 aromatic heterocycles. The largest absolute Gasteiger partial charge is 0.340 e. The molecule has 0 spiro atoms. The second kappa shape index (κ2) is 10.3. The minimum atomic E-state index is -3.29. The van der Waals surface area contributed by atoms with Gasteiger partial charge in [-0.05, 0) is 42.0 Å². The quantitative estimate of drug-likeness (QED) is 0.656. The third-order valence-corrected chi connectivity index (χ3v) is 6.25. The predicted octanol–water partition coefficient (Wildman–Crippen LogP) is 3.48. The molecule has 0 aliphatic heterocycles. The van der Waals surface area contributed by atoms with Crippen LogP contribution in [-0.2, 0) is 26.6 Å². The lowest BCUT2D eigenvalue weighted by Crippen LogP contribution is -2.48. The maximum atomic E-state index is 13.1. The van der Waals surface area contributed by atoms with Crippen molar-refractivity contribution in [3.05, 3.63) is 70.8 Å². The molecule has 174 valence electrons. The summed E-state index contributed by atoms with van der Waals surface area (Å²) in [4.78, 5) is 27.4. The normalized spacial score (nSPS) is 12.8. The van der Waals surface area contributed by atoms with Crippen LogP contribution in [0.1, 0.15) is 54.2 Å². The van der Waals surface area contributed by atoms with Crippen LogP contribution in [0, 0.1) is 6.92 Å². The van der Waals surface area contributed by atoms with Crippen LogP contribution in [-0.4, -0.2) is 50.2 Å². The molecule has 6 nitrogen and oxygen atoms in total. The zero-order valence-electron chi connectivity index (χ0n) is 19.8. The van der Waals surface area contributed by atoms with E-state index in [1.54, 1.807) is 25.2 Å². The number of sulfone groups is 1. The molecule has 1 atom stereocenters. The first-order valence-electron chi connectivity index (χ1n) is 10.7. The average molecular weight is 459 g/mol. The van der Waals surface area contributed by atoms with Gasteiger partial charge in [0.25, 0.3) is 5.91 Å². The molecule has 1 N–H and O–H groups in total. The fourth-order valence-corrected chi connectivity index (χ4v) is 4.01. The summed E-state index contributed by atoms with van der Waals surface area (Å²) >= 11 is 0. The fraction of sp³-hybridized carbons (Fsp3) is 0.440. The van der Waals surface area contributed by atoms with Crippen LogP contribution < -0.4 is 5.32 Å². The van der Waals surface area contributed by atoms with Crippen molar-refractivity contribution in [3.8, 4) is 0 Å². The second-order valence-corrected chi connectivity index (χ2v) is 11.7. The van der Waals surface area contributed by atoms with Crippen molar-refractivity contribution in [2.75, 3.05) is 19.1 Å². The Kier molecular flexibility index (Phi) is 8.24. The van der Waals surface area contributed by atoms with Crippen LogP contribution in [0.25, 0.3) is 0 Å². The molecule has 0 aliphatic rings. The van der Waals surface area contributed by atoms with Gasteiger partial charge < -0.3 is 10.2 Å². The minimum Gasteiger partial charge on any atom is -0.340 e.